The van der Waals surface area contributed by atoms with Gasteiger partial charge in [0, 0.05) is 38.3 Å². The zero-order chi connectivity index (χ0) is 18.5. The molecule has 0 aromatic carbocycles. The number of hydrazine groups is 2. The van der Waals surface area contributed by atoms with Crippen LogP contribution in [0.1, 0.15) is 10.7 Å². The maximum absolute atomic E-state index is 13.0. The number of nitrogens with one attached hydrogen (secondary N) is 3. The van der Waals surface area contributed by atoms with Crippen LogP contribution in [0.25, 0.3) is 21.3 Å². The summed E-state index contributed by atoms with van der Waals surface area (Å²) in [5, 5.41) is 10.5. The Morgan fingerprint density at radius 2 is 2.19 bits per heavy atom. The predicted molar refractivity (Wildman–Crippen MR) is 102 cm³/mol. The summed E-state index contributed by atoms with van der Waals surface area (Å²) in [4.78, 5) is 17.7. The van der Waals surface area contributed by atoms with Gasteiger partial charge >= 0.3 is 0 Å². The van der Waals surface area contributed by atoms with Gasteiger partial charge in [0.25, 0.3) is 5.56 Å². The minimum atomic E-state index is -0.138. The van der Waals surface area contributed by atoms with Crippen LogP contribution in [-0.2, 0) is 27.1 Å². The highest BCUT2D eigenvalue weighted by atomic mass is 32.1. The summed E-state index contributed by atoms with van der Waals surface area (Å²) in [5.74, 6) is 0. The van der Waals surface area contributed by atoms with Gasteiger partial charge in [-0.05, 0) is 6.07 Å². The van der Waals surface area contributed by atoms with Crippen LogP contribution in [0.15, 0.2) is 35.2 Å². The Labute approximate surface area is 157 Å². The molecule has 0 spiro atoms. The second-order valence-corrected chi connectivity index (χ2v) is 7.49. The Bertz CT molecular complexity index is 1260. The summed E-state index contributed by atoms with van der Waals surface area (Å²) in [6.45, 7) is 0.340. The monoisotopic (exact) mass is 383 g/mol. The van der Waals surface area contributed by atoms with E-state index in [2.05, 4.69) is 26.6 Å². The van der Waals surface area contributed by atoms with E-state index in [0.29, 0.717) is 18.5 Å². The van der Waals surface area contributed by atoms with Crippen molar-refractivity contribution in [3.05, 3.63) is 51.4 Å². The quantitative estimate of drug-likeness (QED) is 0.460. The first-order valence-electron chi connectivity index (χ1n) is 8.38. The summed E-state index contributed by atoms with van der Waals surface area (Å²) in [7, 11) is 3.72. The van der Waals surface area contributed by atoms with Gasteiger partial charge in [-0.1, -0.05) is 0 Å². The van der Waals surface area contributed by atoms with E-state index in [0.717, 1.165) is 32.1 Å². The standard InChI is InChI=1S/C16H17N9OS/c1-23-4-3-9(21-23)8-25-16(26)13-11(7-18-25)14-15(24(13)2)19-12(27-14)5-10-6-17-22-20-10/h3-4,6-7,17,20,22H,5,8H2,1-2H3. The number of hydrogen-bond donors (Lipinski definition) is 3. The third-order valence-corrected chi connectivity index (χ3v) is 5.61. The molecule has 0 atom stereocenters. The normalized spacial score (nSPS) is 13.9. The predicted octanol–water partition coefficient (Wildman–Crippen LogP) is 0.123. The number of allylic oxidation sites excluding steroid dienone is 1. The van der Waals surface area contributed by atoms with Gasteiger partial charge in [0.2, 0.25) is 0 Å². The molecule has 0 radical (unpaired) electrons. The highest BCUT2D eigenvalue weighted by Gasteiger charge is 2.19. The molecule has 1 aliphatic heterocycles. The summed E-state index contributed by atoms with van der Waals surface area (Å²) in [6, 6.07) is 1.88. The average molecular weight is 383 g/mol. The van der Waals surface area contributed by atoms with Crippen molar-refractivity contribution in [2.24, 2.45) is 14.1 Å². The minimum absolute atomic E-state index is 0.138. The third-order valence-electron chi connectivity index (χ3n) is 4.53. The molecule has 1 aliphatic rings. The van der Waals surface area contributed by atoms with E-state index < -0.39 is 0 Å². The fourth-order valence-electron chi connectivity index (χ4n) is 3.26. The van der Waals surface area contributed by atoms with Crippen molar-refractivity contribution in [3.63, 3.8) is 0 Å². The number of rotatable bonds is 4. The van der Waals surface area contributed by atoms with Crippen molar-refractivity contribution in [1.82, 2.24) is 45.5 Å². The lowest BCUT2D eigenvalue weighted by Crippen LogP contribution is -2.31. The Hall–Kier alpha value is -3.18. The Morgan fingerprint density at radius 3 is 2.93 bits per heavy atom. The van der Waals surface area contributed by atoms with Crippen molar-refractivity contribution in [2.45, 2.75) is 13.0 Å². The topological polar surface area (TPSA) is 107 Å². The van der Waals surface area contributed by atoms with E-state index in [9.17, 15) is 4.79 Å². The molecule has 27 heavy (non-hydrogen) atoms. The highest BCUT2D eigenvalue weighted by Crippen LogP contribution is 2.31. The third kappa shape index (κ3) is 2.59. The molecule has 138 valence electrons. The molecule has 0 amide bonds. The van der Waals surface area contributed by atoms with Crippen LogP contribution in [-0.4, -0.2) is 29.1 Å². The van der Waals surface area contributed by atoms with Gasteiger partial charge in [0.1, 0.15) is 10.5 Å². The molecule has 3 N–H and O–H groups in total. The number of aromatic nitrogens is 6. The van der Waals surface area contributed by atoms with Crippen LogP contribution in [0.4, 0.5) is 0 Å². The fourth-order valence-corrected chi connectivity index (χ4v) is 4.38. The molecular weight excluding hydrogens is 366 g/mol. The maximum atomic E-state index is 13.0. The molecule has 11 heteroatoms. The van der Waals surface area contributed by atoms with Crippen LogP contribution in [0.3, 0.4) is 0 Å². The van der Waals surface area contributed by atoms with Gasteiger partial charge in [-0.2, -0.15) is 15.7 Å². The second kappa shape index (κ2) is 5.93. The number of hydrogen-bond acceptors (Lipinski definition) is 8. The maximum Gasteiger partial charge on any atom is 0.291 e. The zero-order valence-electron chi connectivity index (χ0n) is 14.7. The first-order valence-corrected chi connectivity index (χ1v) is 9.20. The van der Waals surface area contributed by atoms with E-state index in [1.807, 2.05) is 37.1 Å². The van der Waals surface area contributed by atoms with E-state index in [4.69, 9.17) is 4.98 Å². The van der Waals surface area contributed by atoms with Gasteiger partial charge in [-0.25, -0.2) is 9.67 Å². The first-order chi connectivity index (χ1) is 13.1. The van der Waals surface area contributed by atoms with Crippen LogP contribution < -0.4 is 21.9 Å². The van der Waals surface area contributed by atoms with Crippen LogP contribution in [0.2, 0.25) is 0 Å². The fraction of sp³-hybridized carbons (Fsp3) is 0.250. The number of fused-ring (bicyclic) bond motifs is 3. The van der Waals surface area contributed by atoms with Crippen molar-refractivity contribution < 1.29 is 0 Å². The summed E-state index contributed by atoms with van der Waals surface area (Å²) < 4.78 is 6.00. The largest absolute Gasteiger partial charge is 0.323 e. The van der Waals surface area contributed by atoms with Crippen molar-refractivity contribution >= 4 is 32.6 Å². The molecule has 0 saturated heterocycles. The molecule has 5 heterocycles. The van der Waals surface area contributed by atoms with Crippen LogP contribution >= 0.6 is 11.3 Å². The Balaban J connectivity index is 1.57. The molecule has 4 aromatic heterocycles. The molecule has 5 rings (SSSR count). The number of aryl methyl sites for hydroxylation is 2. The number of nitrogens with zero attached hydrogens (tertiary/aromatic N) is 6. The molecular formula is C16H17N9OS. The van der Waals surface area contributed by atoms with E-state index >= 15 is 0 Å². The number of thiazole rings is 1. The lowest BCUT2D eigenvalue weighted by atomic mass is 10.3. The zero-order valence-corrected chi connectivity index (χ0v) is 15.5. The molecule has 0 fully saturated rings. The van der Waals surface area contributed by atoms with Crippen molar-refractivity contribution in [3.8, 4) is 0 Å². The van der Waals surface area contributed by atoms with Gasteiger partial charge in [0.05, 0.1) is 28.8 Å². The van der Waals surface area contributed by atoms with Gasteiger partial charge < -0.3 is 15.4 Å². The van der Waals surface area contributed by atoms with Crippen LogP contribution in [0, 0.1) is 0 Å². The second-order valence-electron chi connectivity index (χ2n) is 6.41. The molecule has 0 unspecified atom stereocenters. The summed E-state index contributed by atoms with van der Waals surface area (Å²) >= 11 is 1.58. The lowest BCUT2D eigenvalue weighted by molar-refractivity contribution is 0.594. The highest BCUT2D eigenvalue weighted by molar-refractivity contribution is 7.19. The molecule has 4 aromatic rings. The summed E-state index contributed by atoms with van der Waals surface area (Å²) in [5.41, 5.74) is 11.8. The smallest absolute Gasteiger partial charge is 0.291 e. The summed E-state index contributed by atoms with van der Waals surface area (Å²) in [6.07, 6.45) is 6.15. The Morgan fingerprint density at radius 1 is 1.30 bits per heavy atom. The molecule has 0 aliphatic carbocycles. The van der Waals surface area contributed by atoms with E-state index in [1.165, 1.54) is 4.68 Å². The SMILES string of the molecule is Cn1ccc(Cn2ncc3c4sc(CC5=CNNN5)nc4n(C)c3c2=O)n1. The minimum Gasteiger partial charge on any atom is -0.323 e. The van der Waals surface area contributed by atoms with Crippen LogP contribution in [0.5, 0.6) is 0 Å². The Kier molecular flexibility index (Phi) is 3.52. The molecule has 0 saturated carbocycles. The first kappa shape index (κ1) is 16.0. The average Bonchev–Trinajstić information content (AvgIpc) is 3.40. The van der Waals surface area contributed by atoms with Gasteiger partial charge in [-0.15, -0.1) is 11.3 Å². The van der Waals surface area contributed by atoms with Crippen molar-refractivity contribution in [2.75, 3.05) is 0 Å². The van der Waals surface area contributed by atoms with E-state index in [-0.39, 0.29) is 5.56 Å². The molecule has 0 bridgehead atoms. The van der Waals surface area contributed by atoms with Gasteiger partial charge in [-0.3, -0.25) is 9.48 Å². The van der Waals surface area contributed by atoms with Gasteiger partial charge in [0.15, 0.2) is 5.65 Å². The molecule has 10 nitrogen and oxygen atoms in total. The van der Waals surface area contributed by atoms with Crippen molar-refractivity contribution in [1.29, 1.82) is 0 Å². The lowest BCUT2D eigenvalue weighted by Gasteiger charge is -2.04. The van der Waals surface area contributed by atoms with E-state index in [1.54, 1.807) is 22.2 Å².